The highest BCUT2D eigenvalue weighted by molar-refractivity contribution is 5.98. The molecule has 20 heavy (non-hydrogen) atoms. The van der Waals surface area contributed by atoms with E-state index in [-0.39, 0.29) is 11.3 Å². The summed E-state index contributed by atoms with van der Waals surface area (Å²) in [7, 11) is 0. The van der Waals surface area contributed by atoms with Crippen LogP contribution in [0.15, 0.2) is 12.2 Å². The number of fused-ring (bicyclic) bond motifs is 2. The number of carbonyl (C=O) groups excluding carboxylic acids is 1. The van der Waals surface area contributed by atoms with Crippen LogP contribution in [0.3, 0.4) is 0 Å². The maximum Gasteiger partial charge on any atom is 0.419 e. The van der Waals surface area contributed by atoms with Crippen molar-refractivity contribution in [1.29, 1.82) is 0 Å². The number of carbonyl (C=O) groups is 1. The van der Waals surface area contributed by atoms with Crippen molar-refractivity contribution >= 4 is 5.78 Å². The molecule has 1 nitrogen and oxygen atoms in total. The van der Waals surface area contributed by atoms with Crippen molar-refractivity contribution in [2.45, 2.75) is 51.6 Å². The quantitative estimate of drug-likeness (QED) is 0.697. The lowest BCUT2D eigenvalue weighted by Gasteiger charge is -2.50. The van der Waals surface area contributed by atoms with E-state index in [1.54, 1.807) is 0 Å². The topological polar surface area (TPSA) is 17.1 Å². The van der Waals surface area contributed by atoms with Crippen molar-refractivity contribution < 1.29 is 18.0 Å². The summed E-state index contributed by atoms with van der Waals surface area (Å²) in [6, 6.07) is 0. The van der Waals surface area contributed by atoms with Crippen molar-refractivity contribution in [3.63, 3.8) is 0 Å². The third kappa shape index (κ3) is 1.94. The Bertz CT molecular complexity index is 453. The molecule has 2 bridgehead atoms. The van der Waals surface area contributed by atoms with Gasteiger partial charge < -0.3 is 0 Å². The van der Waals surface area contributed by atoms with Crippen molar-refractivity contribution in [2.75, 3.05) is 0 Å². The van der Waals surface area contributed by atoms with Gasteiger partial charge in [0.2, 0.25) is 0 Å². The Kier molecular flexibility index (Phi) is 3.07. The standard InChI is InChI=1S/C16H21F3O/c1-9(16(17,18)19)14(20)12-5-6-13(12)15(2)8-10-3-4-11(15)7-10/h10-13H,1,3-8H2,2H3. The molecule has 0 aliphatic heterocycles. The van der Waals surface area contributed by atoms with E-state index in [4.69, 9.17) is 0 Å². The molecule has 0 aromatic rings. The lowest BCUT2D eigenvalue weighted by molar-refractivity contribution is -0.141. The van der Waals surface area contributed by atoms with Gasteiger partial charge in [-0.3, -0.25) is 4.79 Å². The van der Waals surface area contributed by atoms with Gasteiger partial charge in [-0.05, 0) is 55.3 Å². The van der Waals surface area contributed by atoms with E-state index >= 15 is 0 Å². The Morgan fingerprint density at radius 1 is 1.20 bits per heavy atom. The Balaban J connectivity index is 1.74. The van der Waals surface area contributed by atoms with Crippen LogP contribution in [-0.4, -0.2) is 12.0 Å². The highest BCUT2D eigenvalue weighted by Crippen LogP contribution is 2.64. The fourth-order valence-corrected chi connectivity index (χ4v) is 5.07. The van der Waals surface area contributed by atoms with Gasteiger partial charge in [0.15, 0.2) is 5.78 Å². The zero-order valence-corrected chi connectivity index (χ0v) is 11.8. The lowest BCUT2D eigenvalue weighted by atomic mass is 9.53. The van der Waals surface area contributed by atoms with Crippen LogP contribution in [0.25, 0.3) is 0 Å². The van der Waals surface area contributed by atoms with Crippen molar-refractivity contribution in [1.82, 2.24) is 0 Å². The number of allylic oxidation sites excluding steroid dienone is 1. The zero-order chi connectivity index (χ0) is 14.7. The average Bonchev–Trinajstić information content (AvgIpc) is 2.84. The smallest absolute Gasteiger partial charge is 0.294 e. The molecule has 4 heteroatoms. The molecule has 5 unspecified atom stereocenters. The van der Waals surface area contributed by atoms with Gasteiger partial charge in [0.25, 0.3) is 0 Å². The van der Waals surface area contributed by atoms with E-state index in [2.05, 4.69) is 13.5 Å². The average molecular weight is 286 g/mol. The fraction of sp³-hybridized carbons (Fsp3) is 0.812. The van der Waals surface area contributed by atoms with Crippen molar-refractivity contribution in [3.05, 3.63) is 12.2 Å². The molecule has 5 atom stereocenters. The maximum absolute atomic E-state index is 12.6. The van der Waals surface area contributed by atoms with E-state index in [0.29, 0.717) is 12.3 Å². The Hall–Kier alpha value is -0.800. The first-order valence-corrected chi connectivity index (χ1v) is 7.54. The van der Waals surface area contributed by atoms with Gasteiger partial charge in [-0.1, -0.05) is 19.9 Å². The number of Topliss-reactive ketones (excluding diaryl/α,β-unsaturated/α-hetero) is 1. The predicted octanol–water partition coefficient (Wildman–Crippen LogP) is 4.53. The normalized spacial score (nSPS) is 43.4. The van der Waals surface area contributed by atoms with E-state index in [1.807, 2.05) is 0 Å². The number of halogens is 3. The van der Waals surface area contributed by atoms with Crippen LogP contribution in [0.1, 0.15) is 45.4 Å². The van der Waals surface area contributed by atoms with E-state index in [9.17, 15) is 18.0 Å². The van der Waals surface area contributed by atoms with Crippen molar-refractivity contribution in [3.8, 4) is 0 Å². The largest absolute Gasteiger partial charge is 0.419 e. The summed E-state index contributed by atoms with van der Waals surface area (Å²) in [5.41, 5.74) is -1.06. The molecule has 112 valence electrons. The predicted molar refractivity (Wildman–Crippen MR) is 70.0 cm³/mol. The highest BCUT2D eigenvalue weighted by atomic mass is 19.4. The van der Waals surface area contributed by atoms with Gasteiger partial charge in [0.1, 0.15) is 0 Å². The summed E-state index contributed by atoms with van der Waals surface area (Å²) in [4.78, 5) is 12.1. The Morgan fingerprint density at radius 3 is 2.30 bits per heavy atom. The van der Waals surface area contributed by atoms with E-state index in [1.165, 1.54) is 19.3 Å². The van der Waals surface area contributed by atoms with Crippen LogP contribution in [0.4, 0.5) is 13.2 Å². The molecule has 0 saturated heterocycles. The first-order chi connectivity index (χ1) is 9.23. The first-order valence-electron chi connectivity index (χ1n) is 7.54. The number of ketones is 1. The van der Waals surface area contributed by atoms with Crippen LogP contribution < -0.4 is 0 Å². The minimum Gasteiger partial charge on any atom is -0.294 e. The van der Waals surface area contributed by atoms with Crippen LogP contribution in [-0.2, 0) is 4.79 Å². The molecule has 0 aromatic heterocycles. The summed E-state index contributed by atoms with van der Waals surface area (Å²) in [6.45, 7) is 5.19. The van der Waals surface area contributed by atoms with Crippen LogP contribution in [0.5, 0.6) is 0 Å². The minimum absolute atomic E-state index is 0.0906. The Labute approximate surface area is 117 Å². The summed E-state index contributed by atoms with van der Waals surface area (Å²) >= 11 is 0. The maximum atomic E-state index is 12.6. The lowest BCUT2D eigenvalue weighted by Crippen LogP contribution is -2.47. The van der Waals surface area contributed by atoms with Gasteiger partial charge in [-0.25, -0.2) is 0 Å². The summed E-state index contributed by atoms with van der Waals surface area (Å²) in [5, 5.41) is 0. The van der Waals surface area contributed by atoms with Gasteiger partial charge in [-0.2, -0.15) is 13.2 Å². The fourth-order valence-electron chi connectivity index (χ4n) is 5.07. The zero-order valence-electron chi connectivity index (χ0n) is 11.8. The molecule has 3 fully saturated rings. The molecule has 0 radical (unpaired) electrons. The molecule has 0 heterocycles. The number of hydrogen-bond acceptors (Lipinski definition) is 1. The molecule has 0 spiro atoms. The molecular formula is C16H21F3O. The number of hydrogen-bond donors (Lipinski definition) is 0. The van der Waals surface area contributed by atoms with Gasteiger partial charge in [0.05, 0.1) is 5.57 Å². The van der Waals surface area contributed by atoms with Crippen molar-refractivity contribution in [2.24, 2.45) is 29.1 Å². The highest BCUT2D eigenvalue weighted by Gasteiger charge is 2.58. The SMILES string of the molecule is C=C(C(=O)C1CCC1C1(C)CC2CCC1C2)C(F)(F)F. The van der Waals surface area contributed by atoms with E-state index < -0.39 is 23.5 Å². The monoisotopic (exact) mass is 286 g/mol. The summed E-state index contributed by atoms with van der Waals surface area (Å²) in [5.74, 6) is 0.315. The molecule has 3 saturated carbocycles. The van der Waals surface area contributed by atoms with Gasteiger partial charge >= 0.3 is 6.18 Å². The first kappa shape index (κ1) is 14.2. The summed E-state index contributed by atoms with van der Waals surface area (Å²) in [6.07, 6.45) is 1.71. The van der Waals surface area contributed by atoms with Gasteiger partial charge in [0, 0.05) is 5.92 Å². The second kappa shape index (κ2) is 4.35. The molecule has 0 aromatic carbocycles. The Morgan fingerprint density at radius 2 is 1.90 bits per heavy atom. The third-order valence-electron chi connectivity index (χ3n) is 6.30. The molecule has 3 aliphatic carbocycles. The second-order valence-electron chi connectivity index (χ2n) is 7.22. The van der Waals surface area contributed by atoms with Gasteiger partial charge in [-0.15, -0.1) is 0 Å². The van der Waals surface area contributed by atoms with Crippen LogP contribution in [0, 0.1) is 29.1 Å². The molecular weight excluding hydrogens is 265 g/mol. The third-order valence-corrected chi connectivity index (χ3v) is 6.30. The van der Waals surface area contributed by atoms with Crippen LogP contribution in [0.2, 0.25) is 0 Å². The number of alkyl halides is 3. The van der Waals surface area contributed by atoms with Crippen LogP contribution >= 0.6 is 0 Å². The summed E-state index contributed by atoms with van der Waals surface area (Å²) < 4.78 is 37.9. The minimum atomic E-state index is -4.58. The molecule has 3 aliphatic rings. The van der Waals surface area contributed by atoms with E-state index in [0.717, 1.165) is 18.8 Å². The molecule has 0 amide bonds. The molecule has 3 rings (SSSR count). The second-order valence-corrected chi connectivity index (χ2v) is 7.22. The molecule has 0 N–H and O–H groups in total. The number of rotatable bonds is 3.